The lowest BCUT2D eigenvalue weighted by Gasteiger charge is -2.32. The summed E-state index contributed by atoms with van der Waals surface area (Å²) in [6, 6.07) is 4.13. The third kappa shape index (κ3) is 3.64. The molecule has 24 heavy (non-hydrogen) atoms. The first-order chi connectivity index (χ1) is 11.6. The number of likely N-dealkylation sites (tertiary alicyclic amines) is 1. The molecule has 1 aliphatic rings. The molecule has 3 rings (SSSR count). The zero-order chi connectivity index (χ0) is 17.1. The number of hydrogen-bond acceptors (Lipinski definition) is 4. The van der Waals surface area contributed by atoms with Gasteiger partial charge in [-0.05, 0) is 64.9 Å². The van der Waals surface area contributed by atoms with E-state index in [1.807, 2.05) is 19.9 Å². The van der Waals surface area contributed by atoms with E-state index in [1.54, 1.807) is 4.57 Å². The highest BCUT2D eigenvalue weighted by atomic mass is 16.3. The summed E-state index contributed by atoms with van der Waals surface area (Å²) in [5.74, 6) is 3.85. The van der Waals surface area contributed by atoms with E-state index in [9.17, 15) is 4.79 Å². The van der Waals surface area contributed by atoms with E-state index in [-0.39, 0.29) is 5.69 Å². The minimum absolute atomic E-state index is 0.0857. The van der Waals surface area contributed by atoms with Crippen molar-refractivity contribution in [1.29, 1.82) is 0 Å². The largest absolute Gasteiger partial charge is 0.466 e. The highest BCUT2D eigenvalue weighted by Crippen LogP contribution is 2.27. The molecule has 1 unspecified atom stereocenters. The van der Waals surface area contributed by atoms with Gasteiger partial charge in [-0.25, -0.2) is 9.89 Å². The summed E-state index contributed by atoms with van der Waals surface area (Å²) >= 11 is 0. The molecular formula is C18H28N4O2. The maximum Gasteiger partial charge on any atom is 0.343 e. The lowest BCUT2D eigenvalue weighted by atomic mass is 9.95. The quantitative estimate of drug-likeness (QED) is 0.883. The van der Waals surface area contributed by atoms with Crippen molar-refractivity contribution >= 4 is 0 Å². The van der Waals surface area contributed by atoms with Crippen LogP contribution < -0.4 is 5.69 Å². The Balaban J connectivity index is 1.49. The van der Waals surface area contributed by atoms with Crippen LogP contribution in [0.5, 0.6) is 0 Å². The zero-order valence-electron chi connectivity index (χ0n) is 14.9. The number of aromatic nitrogens is 3. The Morgan fingerprint density at radius 3 is 2.75 bits per heavy atom. The number of H-pyrrole nitrogens is 1. The Kier molecular flexibility index (Phi) is 5.23. The number of hydrogen-bond donors (Lipinski definition) is 1. The van der Waals surface area contributed by atoms with Gasteiger partial charge in [0.2, 0.25) is 0 Å². The van der Waals surface area contributed by atoms with Crippen molar-refractivity contribution in [1.82, 2.24) is 19.7 Å². The number of aryl methyl sites for hydroxylation is 1. The maximum atomic E-state index is 11.7. The fourth-order valence-corrected chi connectivity index (χ4v) is 3.60. The Hall–Kier alpha value is -1.82. The van der Waals surface area contributed by atoms with Crippen LogP contribution in [0.4, 0.5) is 0 Å². The van der Waals surface area contributed by atoms with Crippen LogP contribution in [0.25, 0.3) is 0 Å². The van der Waals surface area contributed by atoms with Crippen LogP contribution in [0.3, 0.4) is 0 Å². The van der Waals surface area contributed by atoms with E-state index in [4.69, 9.17) is 4.42 Å². The van der Waals surface area contributed by atoms with Crippen molar-refractivity contribution in [2.45, 2.75) is 58.4 Å². The molecule has 0 aromatic carbocycles. The van der Waals surface area contributed by atoms with Crippen molar-refractivity contribution in [2.75, 3.05) is 19.6 Å². The standard InChI is InChI=1S/C18H28N4O2/c1-4-22-17(19-20-18(22)23)15-8-11-21(12-9-15)10-7-13(2)16-6-5-14(3)24-16/h5-6,13,15H,4,7-12H2,1-3H3,(H,20,23). The summed E-state index contributed by atoms with van der Waals surface area (Å²) in [4.78, 5) is 14.2. The number of rotatable bonds is 6. The van der Waals surface area contributed by atoms with Crippen LogP contribution in [-0.2, 0) is 6.54 Å². The number of aromatic amines is 1. The second kappa shape index (κ2) is 7.38. The molecule has 0 aliphatic carbocycles. The molecule has 1 N–H and O–H groups in total. The average molecular weight is 332 g/mol. The Labute approximate surface area is 142 Å². The van der Waals surface area contributed by atoms with Crippen LogP contribution in [0.2, 0.25) is 0 Å². The smallest absolute Gasteiger partial charge is 0.343 e. The van der Waals surface area contributed by atoms with Gasteiger partial charge in [0, 0.05) is 18.4 Å². The lowest BCUT2D eigenvalue weighted by molar-refractivity contribution is 0.200. The first-order valence-corrected chi connectivity index (χ1v) is 9.02. The molecule has 0 radical (unpaired) electrons. The van der Waals surface area contributed by atoms with Crippen LogP contribution in [0, 0.1) is 6.92 Å². The molecule has 132 valence electrons. The van der Waals surface area contributed by atoms with Crippen LogP contribution >= 0.6 is 0 Å². The van der Waals surface area contributed by atoms with Crippen LogP contribution in [0.15, 0.2) is 21.3 Å². The molecule has 6 nitrogen and oxygen atoms in total. The van der Waals surface area contributed by atoms with Crippen LogP contribution in [0.1, 0.15) is 62.3 Å². The van der Waals surface area contributed by atoms with E-state index in [1.165, 1.54) is 0 Å². The second-order valence-electron chi connectivity index (χ2n) is 6.89. The van der Waals surface area contributed by atoms with Gasteiger partial charge in [-0.3, -0.25) is 4.57 Å². The summed E-state index contributed by atoms with van der Waals surface area (Å²) in [6.07, 6.45) is 3.25. The Morgan fingerprint density at radius 1 is 1.38 bits per heavy atom. The van der Waals surface area contributed by atoms with Crippen molar-refractivity contribution < 1.29 is 4.42 Å². The molecule has 1 aliphatic heterocycles. The highest BCUT2D eigenvalue weighted by Gasteiger charge is 2.25. The van der Waals surface area contributed by atoms with Gasteiger partial charge in [0.1, 0.15) is 17.3 Å². The van der Waals surface area contributed by atoms with Gasteiger partial charge >= 0.3 is 5.69 Å². The molecule has 6 heteroatoms. The normalized spacial score (nSPS) is 18.1. The molecule has 0 saturated carbocycles. The average Bonchev–Trinajstić information content (AvgIpc) is 3.18. The predicted molar refractivity (Wildman–Crippen MR) is 93.4 cm³/mol. The number of nitrogens with zero attached hydrogens (tertiary/aromatic N) is 3. The van der Waals surface area contributed by atoms with Crippen LogP contribution in [-0.4, -0.2) is 39.3 Å². The van der Waals surface area contributed by atoms with E-state index in [0.717, 1.165) is 56.2 Å². The summed E-state index contributed by atoms with van der Waals surface area (Å²) in [5, 5.41) is 6.84. The van der Waals surface area contributed by atoms with Gasteiger partial charge in [0.25, 0.3) is 0 Å². The van der Waals surface area contributed by atoms with Crippen molar-refractivity contribution in [3.63, 3.8) is 0 Å². The summed E-state index contributed by atoms with van der Waals surface area (Å²) in [6.45, 7) is 10.1. The maximum absolute atomic E-state index is 11.7. The number of furan rings is 1. The molecule has 3 heterocycles. The predicted octanol–water partition coefficient (Wildman–Crippen LogP) is 2.87. The van der Waals surface area contributed by atoms with Gasteiger partial charge in [0.15, 0.2) is 0 Å². The van der Waals surface area contributed by atoms with E-state index in [2.05, 4.69) is 28.1 Å². The minimum Gasteiger partial charge on any atom is -0.466 e. The Morgan fingerprint density at radius 2 is 2.12 bits per heavy atom. The van der Waals surface area contributed by atoms with Crippen molar-refractivity contribution in [2.24, 2.45) is 0 Å². The third-order valence-electron chi connectivity index (χ3n) is 5.18. The zero-order valence-corrected chi connectivity index (χ0v) is 14.9. The summed E-state index contributed by atoms with van der Waals surface area (Å²) in [5.41, 5.74) is -0.0857. The minimum atomic E-state index is -0.0857. The SMILES string of the molecule is CCn1c(C2CCN(CCC(C)c3ccc(C)o3)CC2)n[nH]c1=O. The molecule has 0 bridgehead atoms. The Bertz CT molecular complexity index is 707. The molecule has 1 fully saturated rings. The van der Waals surface area contributed by atoms with Gasteiger partial charge < -0.3 is 9.32 Å². The third-order valence-corrected chi connectivity index (χ3v) is 5.18. The summed E-state index contributed by atoms with van der Waals surface area (Å²) < 4.78 is 7.49. The number of nitrogens with one attached hydrogen (secondary N) is 1. The molecule has 1 saturated heterocycles. The van der Waals surface area contributed by atoms with Gasteiger partial charge in [-0.2, -0.15) is 5.10 Å². The van der Waals surface area contributed by atoms with E-state index in [0.29, 0.717) is 18.4 Å². The van der Waals surface area contributed by atoms with Gasteiger partial charge in [0.05, 0.1) is 0 Å². The van der Waals surface area contributed by atoms with Gasteiger partial charge in [-0.15, -0.1) is 0 Å². The summed E-state index contributed by atoms with van der Waals surface area (Å²) in [7, 11) is 0. The van der Waals surface area contributed by atoms with E-state index >= 15 is 0 Å². The molecule has 2 aromatic rings. The van der Waals surface area contributed by atoms with Crippen molar-refractivity contribution in [3.8, 4) is 0 Å². The highest BCUT2D eigenvalue weighted by molar-refractivity contribution is 5.09. The first-order valence-electron chi connectivity index (χ1n) is 9.02. The van der Waals surface area contributed by atoms with Crippen molar-refractivity contribution in [3.05, 3.63) is 40.0 Å². The molecular weight excluding hydrogens is 304 g/mol. The monoisotopic (exact) mass is 332 g/mol. The topological polar surface area (TPSA) is 67.1 Å². The lowest BCUT2D eigenvalue weighted by Crippen LogP contribution is -2.35. The first kappa shape index (κ1) is 17.0. The molecule has 1 atom stereocenters. The molecule has 2 aromatic heterocycles. The fourth-order valence-electron chi connectivity index (χ4n) is 3.60. The fraction of sp³-hybridized carbons (Fsp3) is 0.667. The van der Waals surface area contributed by atoms with Gasteiger partial charge in [-0.1, -0.05) is 6.92 Å². The number of piperidine rings is 1. The molecule has 0 spiro atoms. The second-order valence-corrected chi connectivity index (χ2v) is 6.89. The van der Waals surface area contributed by atoms with E-state index < -0.39 is 0 Å². The molecule has 0 amide bonds.